The fourth-order valence-electron chi connectivity index (χ4n) is 2.88. The molecule has 1 aromatic heterocycles. The number of aromatic amines is 1. The normalized spacial score (nSPS) is 15.2. The van der Waals surface area contributed by atoms with Crippen molar-refractivity contribution in [1.29, 1.82) is 0 Å². The van der Waals surface area contributed by atoms with Crippen LogP contribution in [0.15, 0.2) is 41.2 Å². The standard InChI is InChI=1S/C17H19ClN2O/c18-12-13-8-9-15(19-17(13)21)14-6-2-3-7-16(14)20-10-4-1-5-11-20/h2-3,6-9H,1,4-5,10-12H2,(H,19,21). The van der Waals surface area contributed by atoms with Crippen LogP contribution in [0.4, 0.5) is 5.69 Å². The molecule has 2 aromatic rings. The molecule has 1 N–H and O–H groups in total. The average Bonchev–Trinajstić information content (AvgIpc) is 2.55. The molecule has 1 aliphatic rings. The lowest BCUT2D eigenvalue weighted by Gasteiger charge is -2.30. The first-order valence-electron chi connectivity index (χ1n) is 7.42. The maximum Gasteiger partial charge on any atom is 0.252 e. The molecule has 2 heterocycles. The van der Waals surface area contributed by atoms with Gasteiger partial charge >= 0.3 is 0 Å². The number of rotatable bonds is 3. The van der Waals surface area contributed by atoms with E-state index >= 15 is 0 Å². The Morgan fingerprint density at radius 3 is 2.52 bits per heavy atom. The summed E-state index contributed by atoms with van der Waals surface area (Å²) in [4.78, 5) is 17.3. The van der Waals surface area contributed by atoms with Gasteiger partial charge in [-0.25, -0.2) is 0 Å². The third kappa shape index (κ3) is 2.98. The largest absolute Gasteiger partial charge is 0.371 e. The second kappa shape index (κ2) is 6.35. The van der Waals surface area contributed by atoms with Gasteiger partial charge in [0.2, 0.25) is 0 Å². The van der Waals surface area contributed by atoms with Crippen molar-refractivity contribution in [3.05, 3.63) is 52.3 Å². The zero-order valence-electron chi connectivity index (χ0n) is 11.9. The van der Waals surface area contributed by atoms with Gasteiger partial charge in [-0.1, -0.05) is 24.3 Å². The van der Waals surface area contributed by atoms with E-state index in [4.69, 9.17) is 11.6 Å². The first-order chi connectivity index (χ1) is 10.3. The van der Waals surface area contributed by atoms with E-state index in [1.54, 1.807) is 0 Å². The van der Waals surface area contributed by atoms with Gasteiger partial charge in [0.05, 0.1) is 11.6 Å². The number of anilines is 1. The third-order valence-electron chi connectivity index (χ3n) is 4.03. The second-order valence-electron chi connectivity index (χ2n) is 5.42. The van der Waals surface area contributed by atoms with Crippen molar-refractivity contribution < 1.29 is 0 Å². The zero-order chi connectivity index (χ0) is 14.7. The van der Waals surface area contributed by atoms with Crippen LogP contribution in [0.2, 0.25) is 0 Å². The van der Waals surface area contributed by atoms with E-state index in [0.29, 0.717) is 5.56 Å². The van der Waals surface area contributed by atoms with Crippen LogP contribution >= 0.6 is 11.6 Å². The van der Waals surface area contributed by atoms with Gasteiger partial charge in [-0.3, -0.25) is 4.79 Å². The molecule has 0 bridgehead atoms. The van der Waals surface area contributed by atoms with E-state index in [9.17, 15) is 4.79 Å². The summed E-state index contributed by atoms with van der Waals surface area (Å²) in [6.07, 6.45) is 3.77. The number of alkyl halides is 1. The van der Waals surface area contributed by atoms with Crippen LogP contribution in [-0.4, -0.2) is 18.1 Å². The maximum absolute atomic E-state index is 12.0. The SMILES string of the molecule is O=c1[nH]c(-c2ccccc2N2CCCCC2)ccc1CCl. The fourth-order valence-corrected chi connectivity index (χ4v) is 3.09. The molecular formula is C17H19ClN2O. The summed E-state index contributed by atoms with van der Waals surface area (Å²) in [7, 11) is 0. The molecule has 0 spiro atoms. The lowest BCUT2D eigenvalue weighted by molar-refractivity contribution is 0.578. The number of benzene rings is 1. The van der Waals surface area contributed by atoms with E-state index in [0.717, 1.165) is 24.3 Å². The van der Waals surface area contributed by atoms with Gasteiger partial charge in [-0.2, -0.15) is 0 Å². The van der Waals surface area contributed by atoms with E-state index in [1.807, 2.05) is 18.2 Å². The highest BCUT2D eigenvalue weighted by atomic mass is 35.5. The van der Waals surface area contributed by atoms with Crippen molar-refractivity contribution >= 4 is 17.3 Å². The minimum absolute atomic E-state index is 0.101. The fraction of sp³-hybridized carbons (Fsp3) is 0.353. The quantitative estimate of drug-likeness (QED) is 0.876. The number of nitrogens with zero attached hydrogens (tertiary/aromatic N) is 1. The molecule has 0 aliphatic carbocycles. The number of para-hydroxylation sites is 1. The molecule has 0 radical (unpaired) electrons. The third-order valence-corrected chi connectivity index (χ3v) is 4.31. The molecule has 1 aliphatic heterocycles. The van der Waals surface area contributed by atoms with Crippen molar-refractivity contribution in [3.8, 4) is 11.3 Å². The van der Waals surface area contributed by atoms with Crippen LogP contribution in [0.25, 0.3) is 11.3 Å². The van der Waals surface area contributed by atoms with Crippen LogP contribution in [0, 0.1) is 0 Å². The molecule has 0 unspecified atom stereocenters. The van der Waals surface area contributed by atoms with Crippen LogP contribution in [0.3, 0.4) is 0 Å². The van der Waals surface area contributed by atoms with Crippen molar-refractivity contribution in [2.24, 2.45) is 0 Å². The molecule has 3 nitrogen and oxygen atoms in total. The Bertz CT molecular complexity index is 674. The summed E-state index contributed by atoms with van der Waals surface area (Å²) in [5.41, 5.74) is 3.64. The number of nitrogens with one attached hydrogen (secondary N) is 1. The van der Waals surface area contributed by atoms with Gasteiger partial charge < -0.3 is 9.88 Å². The molecule has 0 saturated carbocycles. The summed E-state index contributed by atoms with van der Waals surface area (Å²) in [6, 6.07) is 12.0. The van der Waals surface area contributed by atoms with E-state index in [1.165, 1.54) is 24.9 Å². The van der Waals surface area contributed by atoms with Gasteiger partial charge in [-0.15, -0.1) is 11.6 Å². The number of hydrogen-bond acceptors (Lipinski definition) is 2. The molecule has 1 fully saturated rings. The predicted molar refractivity (Wildman–Crippen MR) is 88.1 cm³/mol. The van der Waals surface area contributed by atoms with Gasteiger partial charge in [0.1, 0.15) is 0 Å². The molecule has 3 rings (SSSR count). The highest BCUT2D eigenvalue weighted by molar-refractivity contribution is 6.17. The summed E-state index contributed by atoms with van der Waals surface area (Å²) < 4.78 is 0. The molecule has 0 atom stereocenters. The monoisotopic (exact) mass is 302 g/mol. The topological polar surface area (TPSA) is 36.1 Å². The Balaban J connectivity index is 2.02. The predicted octanol–water partition coefficient (Wildman–Crippen LogP) is 3.77. The van der Waals surface area contributed by atoms with Crippen LogP contribution in [0.1, 0.15) is 24.8 Å². The highest BCUT2D eigenvalue weighted by Gasteiger charge is 2.15. The minimum atomic E-state index is -0.101. The Kier molecular flexibility index (Phi) is 4.30. The number of aromatic nitrogens is 1. The Hall–Kier alpha value is -1.74. The number of H-pyrrole nitrogens is 1. The van der Waals surface area contributed by atoms with Crippen molar-refractivity contribution in [1.82, 2.24) is 4.98 Å². The van der Waals surface area contributed by atoms with E-state index < -0.39 is 0 Å². The molecule has 4 heteroatoms. The molecule has 0 amide bonds. The summed E-state index contributed by atoms with van der Waals surface area (Å²) in [6.45, 7) is 2.17. The number of hydrogen-bond donors (Lipinski definition) is 1. The minimum Gasteiger partial charge on any atom is -0.371 e. The first kappa shape index (κ1) is 14.2. The molecular weight excluding hydrogens is 284 g/mol. The Morgan fingerprint density at radius 1 is 1.05 bits per heavy atom. The van der Waals surface area contributed by atoms with Crippen LogP contribution < -0.4 is 10.5 Å². The van der Waals surface area contributed by atoms with Crippen molar-refractivity contribution in [3.63, 3.8) is 0 Å². The smallest absolute Gasteiger partial charge is 0.252 e. The molecule has 110 valence electrons. The van der Waals surface area contributed by atoms with Crippen molar-refractivity contribution in [2.75, 3.05) is 18.0 Å². The van der Waals surface area contributed by atoms with Crippen LogP contribution in [-0.2, 0) is 5.88 Å². The summed E-state index contributed by atoms with van der Waals surface area (Å²) in [5.74, 6) is 0.239. The van der Waals surface area contributed by atoms with Gasteiger partial charge in [0.25, 0.3) is 5.56 Å². The molecule has 1 aromatic carbocycles. The van der Waals surface area contributed by atoms with E-state index in [2.05, 4.69) is 28.1 Å². The average molecular weight is 303 g/mol. The van der Waals surface area contributed by atoms with Crippen LogP contribution in [0.5, 0.6) is 0 Å². The number of pyridine rings is 1. The van der Waals surface area contributed by atoms with Gasteiger partial charge in [0.15, 0.2) is 0 Å². The lowest BCUT2D eigenvalue weighted by atomic mass is 10.0. The van der Waals surface area contributed by atoms with E-state index in [-0.39, 0.29) is 11.4 Å². The lowest BCUT2D eigenvalue weighted by Crippen LogP contribution is -2.29. The Morgan fingerprint density at radius 2 is 1.81 bits per heavy atom. The Labute approximate surface area is 129 Å². The highest BCUT2D eigenvalue weighted by Crippen LogP contribution is 2.30. The number of halogens is 1. The van der Waals surface area contributed by atoms with Crippen molar-refractivity contribution in [2.45, 2.75) is 25.1 Å². The zero-order valence-corrected chi connectivity index (χ0v) is 12.7. The van der Waals surface area contributed by atoms with Gasteiger partial charge in [-0.05, 0) is 31.4 Å². The maximum atomic E-state index is 12.0. The molecule has 21 heavy (non-hydrogen) atoms. The first-order valence-corrected chi connectivity index (χ1v) is 7.95. The second-order valence-corrected chi connectivity index (χ2v) is 5.69. The van der Waals surface area contributed by atoms with Gasteiger partial charge in [0, 0.05) is 29.9 Å². The summed E-state index contributed by atoms with van der Waals surface area (Å²) >= 11 is 5.76. The number of piperidine rings is 1. The summed E-state index contributed by atoms with van der Waals surface area (Å²) in [5, 5.41) is 0. The molecule has 1 saturated heterocycles.